The molecule has 0 amide bonds. The molecule has 2 heterocycles. The molecule has 250 valence electrons. The Balaban J connectivity index is 0.000000643. The van der Waals surface area contributed by atoms with Crippen molar-refractivity contribution in [1.29, 1.82) is 0 Å². The van der Waals surface area contributed by atoms with Crippen molar-refractivity contribution in [3.8, 4) is 28.3 Å². The molecule has 0 aliphatic rings. The van der Waals surface area contributed by atoms with Crippen LogP contribution in [-0.4, -0.2) is 52.8 Å². The number of hydrogen-bond donors (Lipinski definition) is 3. The van der Waals surface area contributed by atoms with Crippen LogP contribution in [0.4, 0.5) is 0 Å². The van der Waals surface area contributed by atoms with Gasteiger partial charge in [-0.05, 0) is 41.6 Å². The first-order chi connectivity index (χ1) is 23.2. The van der Waals surface area contributed by atoms with Crippen LogP contribution >= 0.6 is 0 Å². The van der Waals surface area contributed by atoms with Crippen molar-refractivity contribution in [2.45, 2.75) is 13.0 Å². The summed E-state index contributed by atoms with van der Waals surface area (Å²) in [5.74, 6) is 0.0107. The van der Waals surface area contributed by atoms with E-state index in [0.717, 1.165) is 49.4 Å². The predicted molar refractivity (Wildman–Crippen MR) is 190 cm³/mol. The molecule has 3 N–H and O–H groups in total. The first-order valence-electron chi connectivity index (χ1n) is 14.7. The molecule has 1 atom stereocenters. The van der Waals surface area contributed by atoms with E-state index in [9.17, 15) is 5.11 Å². The van der Waals surface area contributed by atoms with Crippen molar-refractivity contribution in [1.82, 2.24) is 9.97 Å². The van der Waals surface area contributed by atoms with E-state index >= 15 is 0 Å². The fraction of sp³-hybridized carbons (Fsp3) is 0.125. The van der Waals surface area contributed by atoms with E-state index in [4.69, 9.17) is 15.3 Å². The maximum atomic E-state index is 11.5. The second-order valence-corrected chi connectivity index (χ2v) is 8.89. The van der Waals surface area contributed by atoms with Gasteiger partial charge in [-0.25, -0.2) is 0 Å². The van der Waals surface area contributed by atoms with Crippen LogP contribution in [-0.2, 0) is 20.1 Å². The Kier molecular flexibility index (Phi) is 25.6. The molecular weight excluding hydrogens is 779 g/mol. The van der Waals surface area contributed by atoms with Crippen LogP contribution < -0.4 is 5.11 Å². The number of nitrogens with zero attached hydrogens (tertiary/aromatic N) is 3. The first kappa shape index (κ1) is 43.2. The van der Waals surface area contributed by atoms with Gasteiger partial charge in [-0.2, -0.15) is 0 Å². The normalized spacial score (nSPS) is 9.73. The zero-order chi connectivity index (χ0) is 34.5. The molecule has 4 aromatic carbocycles. The maximum absolute atomic E-state index is 11.5. The van der Waals surface area contributed by atoms with E-state index in [2.05, 4.69) is 27.1 Å². The third-order valence-electron chi connectivity index (χ3n) is 5.94. The Bertz CT molecular complexity index is 1450. The molecule has 0 aliphatic carbocycles. The minimum Gasteiger partial charge on any atom is -0.872 e. The number of para-hydroxylation sites is 1. The van der Waals surface area contributed by atoms with Crippen molar-refractivity contribution in [2.24, 2.45) is 4.99 Å². The molecule has 0 spiro atoms. The summed E-state index contributed by atoms with van der Waals surface area (Å²) < 4.78 is 0. The topological polar surface area (TPSA) is 122 Å². The van der Waals surface area contributed by atoms with E-state index in [-0.39, 0.29) is 31.9 Å². The van der Waals surface area contributed by atoms with Crippen molar-refractivity contribution >= 4 is 6.21 Å². The summed E-state index contributed by atoms with van der Waals surface area (Å²) in [6, 6.07) is 50.6. The zero-order valence-electron chi connectivity index (χ0n) is 27.5. The summed E-state index contributed by atoms with van der Waals surface area (Å²) >= 11 is 0. The van der Waals surface area contributed by atoms with Gasteiger partial charge in [0, 0.05) is 39.9 Å². The van der Waals surface area contributed by atoms with Gasteiger partial charge in [-0.1, -0.05) is 78.9 Å². The maximum Gasteiger partial charge on any atom is 3.00 e. The Morgan fingerprint density at radius 3 is 1.44 bits per heavy atom. The van der Waals surface area contributed by atoms with Gasteiger partial charge in [0.1, 0.15) is 0 Å². The zero-order valence-corrected chi connectivity index (χ0v) is 29.9. The second-order valence-electron chi connectivity index (χ2n) is 8.89. The molecular formula is C40H42IrN3O4. The molecule has 0 bridgehead atoms. The molecule has 0 saturated heterocycles. The number of pyridine rings is 2. The van der Waals surface area contributed by atoms with Gasteiger partial charge in [-0.3, -0.25) is 4.99 Å². The summed E-state index contributed by atoms with van der Waals surface area (Å²) in [6.45, 7) is 2.01. The average Bonchev–Trinajstić information content (AvgIpc) is 3.19. The summed E-state index contributed by atoms with van der Waals surface area (Å²) in [4.78, 5) is 12.8. The minimum atomic E-state index is 0. The number of hydrogen-bond acceptors (Lipinski definition) is 7. The molecule has 2 aromatic heterocycles. The van der Waals surface area contributed by atoms with E-state index < -0.39 is 0 Å². The molecule has 0 aliphatic heterocycles. The smallest absolute Gasteiger partial charge is 0.872 e. The predicted octanol–water partition coefficient (Wildman–Crippen LogP) is 6.86. The SMILES string of the molecule is CO.CO.CO.C[C@H](N=Cc1ccccc1[O-])c1ccccc1.[Ir+3].[c-]1ccccc1-c1ccccn1.[c-]1ccccc1-c1ccccn1. The molecule has 7 nitrogen and oxygen atoms in total. The van der Waals surface area contributed by atoms with Crippen LogP contribution in [0.25, 0.3) is 22.5 Å². The van der Waals surface area contributed by atoms with Gasteiger partial charge < -0.3 is 30.4 Å². The number of aliphatic hydroxyl groups excluding tert-OH is 3. The van der Waals surface area contributed by atoms with Crippen LogP contribution in [0.3, 0.4) is 0 Å². The fourth-order valence-electron chi connectivity index (χ4n) is 3.75. The Labute approximate surface area is 298 Å². The number of aromatic nitrogens is 2. The van der Waals surface area contributed by atoms with E-state index in [1.807, 2.05) is 128 Å². The number of rotatable bonds is 5. The summed E-state index contributed by atoms with van der Waals surface area (Å²) in [5.41, 5.74) is 5.80. The van der Waals surface area contributed by atoms with E-state index in [0.29, 0.717) is 5.56 Å². The van der Waals surface area contributed by atoms with Gasteiger partial charge in [0.2, 0.25) is 0 Å². The molecule has 0 radical (unpaired) electrons. The van der Waals surface area contributed by atoms with Crippen molar-refractivity contribution in [2.75, 3.05) is 21.3 Å². The van der Waals surface area contributed by atoms with Gasteiger partial charge in [0.15, 0.2) is 0 Å². The fourth-order valence-corrected chi connectivity index (χ4v) is 3.75. The van der Waals surface area contributed by atoms with Crippen molar-refractivity contribution in [3.63, 3.8) is 0 Å². The number of aliphatic imine (C=N–C) groups is 1. The standard InChI is InChI=1S/C15H15NO.2C11H8N.3CH4O.Ir/c1-12(13-7-3-2-4-8-13)16-11-14-9-5-6-10-15(14)17;2*1-2-6-10(7-3-1)11-8-4-5-9-12-11;3*1-2;/h2-12,17H,1H3;2*1-6,8-9H;3*2H,1H3;/q;2*-1;;;;+3/p-1/t12-;;;;;;/m0....../s1. The molecule has 6 aromatic rings. The van der Waals surface area contributed by atoms with Gasteiger partial charge in [0.05, 0.1) is 6.04 Å². The van der Waals surface area contributed by atoms with Crippen LogP contribution in [0, 0.1) is 12.1 Å². The minimum absolute atomic E-state index is 0. The monoisotopic (exact) mass is 821 g/mol. The largest absolute Gasteiger partial charge is 3.00 e. The number of benzene rings is 4. The molecule has 48 heavy (non-hydrogen) atoms. The van der Waals surface area contributed by atoms with Crippen LogP contribution in [0.2, 0.25) is 0 Å². The summed E-state index contributed by atoms with van der Waals surface area (Å²) in [7, 11) is 3.00. The van der Waals surface area contributed by atoms with Gasteiger partial charge >= 0.3 is 20.1 Å². The van der Waals surface area contributed by atoms with Crippen LogP contribution in [0.5, 0.6) is 5.75 Å². The van der Waals surface area contributed by atoms with Crippen molar-refractivity contribution < 1.29 is 40.5 Å². The van der Waals surface area contributed by atoms with Gasteiger partial charge in [-0.15, -0.1) is 77.5 Å². The molecule has 6 rings (SSSR count). The third-order valence-corrected chi connectivity index (χ3v) is 5.94. The second kappa shape index (κ2) is 28.4. The molecule has 8 heteroatoms. The van der Waals surface area contributed by atoms with Gasteiger partial charge in [0.25, 0.3) is 0 Å². The Morgan fingerprint density at radius 2 is 1.02 bits per heavy atom. The van der Waals surface area contributed by atoms with Crippen LogP contribution in [0.1, 0.15) is 24.1 Å². The Hall–Kier alpha value is -4.82. The van der Waals surface area contributed by atoms with Crippen LogP contribution in [0.15, 0.2) is 157 Å². The van der Waals surface area contributed by atoms with Crippen molar-refractivity contribution in [3.05, 3.63) is 175 Å². The number of aliphatic hydroxyl groups is 3. The quantitative estimate of drug-likeness (QED) is 0.129. The molecule has 0 saturated carbocycles. The van der Waals surface area contributed by atoms with E-state index in [1.54, 1.807) is 36.8 Å². The van der Waals surface area contributed by atoms with E-state index in [1.165, 1.54) is 0 Å². The average molecular weight is 821 g/mol. The summed E-state index contributed by atoms with van der Waals surface area (Å²) in [5, 5.41) is 32.5. The third kappa shape index (κ3) is 16.7. The molecule has 0 fully saturated rings. The molecule has 0 unspecified atom stereocenters. The summed E-state index contributed by atoms with van der Waals surface area (Å²) in [6.07, 6.45) is 5.23. The first-order valence-corrected chi connectivity index (χ1v) is 14.7. The Morgan fingerprint density at radius 1 is 0.583 bits per heavy atom.